The molecule has 0 spiro atoms. The van der Waals surface area contributed by atoms with Gasteiger partial charge in [0.05, 0.1) is 12.9 Å². The standard InChI is InChI=1S/C15H19NO2/c1-18-15-3-2-11-8-13(9-12(11)10-15)16-6-4-14(17)5-7-16/h2-4,10,13,17H,5-9H2,1H3. The van der Waals surface area contributed by atoms with Gasteiger partial charge < -0.3 is 9.84 Å². The van der Waals surface area contributed by atoms with Crippen LogP contribution in [0.3, 0.4) is 0 Å². The Balaban J connectivity index is 1.73. The lowest BCUT2D eigenvalue weighted by atomic mass is 10.1. The number of nitrogens with zero attached hydrogens (tertiary/aromatic N) is 1. The van der Waals surface area contributed by atoms with Gasteiger partial charge in [0.2, 0.25) is 0 Å². The highest BCUT2D eigenvalue weighted by Gasteiger charge is 2.27. The molecule has 1 aromatic rings. The highest BCUT2D eigenvalue weighted by atomic mass is 16.5. The quantitative estimate of drug-likeness (QED) is 0.868. The first-order chi connectivity index (χ1) is 8.76. The third-order valence-electron chi connectivity index (χ3n) is 4.06. The first-order valence-corrected chi connectivity index (χ1v) is 6.54. The van der Waals surface area contributed by atoms with Crippen LogP contribution in [0.4, 0.5) is 0 Å². The average molecular weight is 245 g/mol. The number of hydrogen-bond donors (Lipinski definition) is 1. The lowest BCUT2D eigenvalue weighted by Gasteiger charge is -2.30. The number of aliphatic hydroxyl groups is 1. The summed E-state index contributed by atoms with van der Waals surface area (Å²) in [4.78, 5) is 2.46. The minimum atomic E-state index is 0.545. The Morgan fingerprint density at radius 1 is 1.28 bits per heavy atom. The van der Waals surface area contributed by atoms with Gasteiger partial charge >= 0.3 is 0 Å². The Hall–Kier alpha value is -1.48. The number of hydrogen-bond acceptors (Lipinski definition) is 3. The third kappa shape index (κ3) is 2.10. The fraction of sp³-hybridized carbons (Fsp3) is 0.467. The van der Waals surface area contributed by atoms with Crippen molar-refractivity contribution in [1.82, 2.24) is 4.90 Å². The summed E-state index contributed by atoms with van der Waals surface area (Å²) in [5.74, 6) is 1.49. The van der Waals surface area contributed by atoms with Crippen molar-refractivity contribution in [3.05, 3.63) is 41.2 Å². The first-order valence-electron chi connectivity index (χ1n) is 6.54. The molecule has 0 amide bonds. The lowest BCUT2D eigenvalue weighted by molar-refractivity contribution is 0.196. The van der Waals surface area contributed by atoms with Crippen LogP contribution in [0.15, 0.2) is 30.0 Å². The number of aliphatic hydroxyl groups excluding tert-OH is 1. The Labute approximate surface area is 108 Å². The highest BCUT2D eigenvalue weighted by Crippen LogP contribution is 2.29. The van der Waals surface area contributed by atoms with Gasteiger partial charge in [-0.2, -0.15) is 0 Å². The molecular weight excluding hydrogens is 226 g/mol. The van der Waals surface area contributed by atoms with Gasteiger partial charge in [0.1, 0.15) is 5.75 Å². The Kier molecular flexibility index (Phi) is 3.00. The van der Waals surface area contributed by atoms with E-state index in [1.807, 2.05) is 12.1 Å². The summed E-state index contributed by atoms with van der Waals surface area (Å²) in [5, 5.41) is 9.43. The fourth-order valence-electron chi connectivity index (χ4n) is 2.96. The van der Waals surface area contributed by atoms with Crippen molar-refractivity contribution in [3.63, 3.8) is 0 Å². The van der Waals surface area contributed by atoms with Gasteiger partial charge in [0.15, 0.2) is 0 Å². The van der Waals surface area contributed by atoms with Crippen LogP contribution < -0.4 is 4.74 Å². The van der Waals surface area contributed by atoms with Gasteiger partial charge in [-0.25, -0.2) is 0 Å². The zero-order chi connectivity index (χ0) is 12.5. The summed E-state index contributed by atoms with van der Waals surface area (Å²) in [6.45, 7) is 1.85. The monoisotopic (exact) mass is 245 g/mol. The lowest BCUT2D eigenvalue weighted by Crippen LogP contribution is -2.39. The van der Waals surface area contributed by atoms with Gasteiger partial charge in [0.25, 0.3) is 0 Å². The number of ether oxygens (including phenoxy) is 1. The molecule has 0 saturated heterocycles. The molecule has 0 radical (unpaired) electrons. The molecule has 0 aromatic heterocycles. The summed E-state index contributed by atoms with van der Waals surface area (Å²) in [7, 11) is 1.71. The second-order valence-electron chi connectivity index (χ2n) is 5.14. The number of benzene rings is 1. The van der Waals surface area contributed by atoms with Crippen molar-refractivity contribution in [2.75, 3.05) is 20.2 Å². The van der Waals surface area contributed by atoms with E-state index in [1.54, 1.807) is 7.11 Å². The molecule has 3 nitrogen and oxygen atoms in total. The van der Waals surface area contributed by atoms with E-state index >= 15 is 0 Å². The van der Waals surface area contributed by atoms with E-state index in [-0.39, 0.29) is 0 Å². The molecule has 0 saturated carbocycles. The largest absolute Gasteiger partial charge is 0.513 e. The van der Waals surface area contributed by atoms with Crippen LogP contribution in [0.2, 0.25) is 0 Å². The predicted octanol–water partition coefficient (Wildman–Crippen LogP) is 2.31. The Morgan fingerprint density at radius 2 is 2.11 bits per heavy atom. The van der Waals surface area contributed by atoms with Crippen molar-refractivity contribution in [2.45, 2.75) is 25.3 Å². The normalized spacial score (nSPS) is 23.6. The molecule has 1 atom stereocenters. The molecule has 2 aliphatic rings. The molecule has 3 rings (SSSR count). The second kappa shape index (κ2) is 4.65. The topological polar surface area (TPSA) is 32.7 Å². The zero-order valence-corrected chi connectivity index (χ0v) is 10.7. The average Bonchev–Trinajstić information content (AvgIpc) is 2.82. The molecular formula is C15H19NO2. The summed E-state index contributed by atoms with van der Waals surface area (Å²) in [6.07, 6.45) is 4.94. The molecule has 1 aromatic carbocycles. The molecule has 1 aliphatic heterocycles. The maximum absolute atomic E-state index is 9.43. The van der Waals surface area contributed by atoms with Gasteiger partial charge in [-0.05, 0) is 42.2 Å². The number of fused-ring (bicyclic) bond motifs is 1. The highest BCUT2D eigenvalue weighted by molar-refractivity contribution is 5.40. The van der Waals surface area contributed by atoms with Crippen LogP contribution in [0, 0.1) is 0 Å². The Bertz CT molecular complexity index is 481. The van der Waals surface area contributed by atoms with Gasteiger partial charge in [-0.1, -0.05) is 6.07 Å². The van der Waals surface area contributed by atoms with E-state index in [2.05, 4.69) is 17.0 Å². The van der Waals surface area contributed by atoms with Crippen molar-refractivity contribution < 1.29 is 9.84 Å². The molecule has 0 bridgehead atoms. The van der Waals surface area contributed by atoms with Crippen LogP contribution in [-0.2, 0) is 12.8 Å². The van der Waals surface area contributed by atoms with E-state index in [1.165, 1.54) is 11.1 Å². The summed E-state index contributed by atoms with van der Waals surface area (Å²) in [6, 6.07) is 6.97. The third-order valence-corrected chi connectivity index (χ3v) is 4.06. The maximum atomic E-state index is 9.43. The molecule has 1 aliphatic carbocycles. The molecule has 1 unspecified atom stereocenters. The SMILES string of the molecule is COc1ccc2c(c1)CC(N1CC=C(O)CC1)C2. The summed E-state index contributed by atoms with van der Waals surface area (Å²) < 4.78 is 5.28. The van der Waals surface area contributed by atoms with E-state index in [0.717, 1.165) is 38.1 Å². The van der Waals surface area contributed by atoms with Crippen molar-refractivity contribution in [2.24, 2.45) is 0 Å². The van der Waals surface area contributed by atoms with Crippen LogP contribution in [0.5, 0.6) is 5.75 Å². The van der Waals surface area contributed by atoms with Crippen LogP contribution in [0.1, 0.15) is 17.5 Å². The van der Waals surface area contributed by atoms with Gasteiger partial charge in [-0.15, -0.1) is 0 Å². The molecule has 1 N–H and O–H groups in total. The zero-order valence-electron chi connectivity index (χ0n) is 10.7. The minimum absolute atomic E-state index is 0.545. The number of methoxy groups -OCH3 is 1. The molecule has 1 heterocycles. The Morgan fingerprint density at radius 3 is 2.83 bits per heavy atom. The summed E-state index contributed by atoms with van der Waals surface area (Å²) >= 11 is 0. The predicted molar refractivity (Wildman–Crippen MR) is 71.1 cm³/mol. The summed E-state index contributed by atoms with van der Waals surface area (Å²) in [5.41, 5.74) is 2.86. The van der Waals surface area contributed by atoms with Gasteiger partial charge in [-0.3, -0.25) is 4.90 Å². The van der Waals surface area contributed by atoms with Crippen LogP contribution in [-0.4, -0.2) is 36.2 Å². The van der Waals surface area contributed by atoms with E-state index in [0.29, 0.717) is 11.8 Å². The van der Waals surface area contributed by atoms with Gasteiger partial charge in [0, 0.05) is 25.6 Å². The van der Waals surface area contributed by atoms with Crippen molar-refractivity contribution in [1.29, 1.82) is 0 Å². The maximum Gasteiger partial charge on any atom is 0.119 e. The minimum Gasteiger partial charge on any atom is -0.513 e. The van der Waals surface area contributed by atoms with Crippen molar-refractivity contribution in [3.8, 4) is 5.75 Å². The number of rotatable bonds is 2. The molecule has 96 valence electrons. The smallest absolute Gasteiger partial charge is 0.119 e. The molecule has 18 heavy (non-hydrogen) atoms. The first kappa shape index (κ1) is 11.6. The molecule has 3 heteroatoms. The van der Waals surface area contributed by atoms with E-state index in [9.17, 15) is 5.11 Å². The van der Waals surface area contributed by atoms with E-state index < -0.39 is 0 Å². The molecule has 0 fully saturated rings. The fourth-order valence-corrected chi connectivity index (χ4v) is 2.96. The van der Waals surface area contributed by atoms with Crippen molar-refractivity contribution >= 4 is 0 Å². The van der Waals surface area contributed by atoms with E-state index in [4.69, 9.17) is 4.74 Å². The van der Waals surface area contributed by atoms with Crippen LogP contribution >= 0.6 is 0 Å². The second-order valence-corrected chi connectivity index (χ2v) is 5.14. The van der Waals surface area contributed by atoms with Crippen LogP contribution in [0.25, 0.3) is 0 Å².